The van der Waals surface area contributed by atoms with E-state index < -0.39 is 20.1 Å². The molecule has 0 aliphatic carbocycles. The van der Waals surface area contributed by atoms with Gasteiger partial charge in [0.1, 0.15) is 0 Å². The van der Waals surface area contributed by atoms with E-state index in [4.69, 9.17) is 13.7 Å². The minimum Gasteiger partial charge on any atom is -0.256 e. The summed E-state index contributed by atoms with van der Waals surface area (Å²) in [7, 11) is 0. The first-order valence-electron chi connectivity index (χ1n) is 0.632. The van der Waals surface area contributed by atoms with Crippen LogP contribution in [-0.2, 0) is 0 Å². The maximum absolute atomic E-state index is 8.73. The number of rotatable bonds is 0. The molecule has 4 nitrogen and oxygen atoms in total. The standard InChI is InChI=1S/ClH.HIO4.Na.H/c;2-1(3,4)5;;/h1H;2H;;. The predicted octanol–water partition coefficient (Wildman–Crippen LogP) is -7.35. The topological polar surface area (TPSA) is 89.4 Å². The first kappa shape index (κ1) is 15.9. The molecule has 0 radical (unpaired) electrons. The Morgan fingerprint density at radius 1 is 1.14 bits per heavy atom. The number of hydrogen-bond acceptors (Lipinski definition) is 4. The van der Waals surface area contributed by atoms with Gasteiger partial charge in [-0.1, -0.05) is 0 Å². The molecule has 0 unspecified atom stereocenters. The normalized spacial score (nSPS) is 8.57. The molecule has 0 aliphatic heterocycles. The molecule has 0 atom stereocenters. The van der Waals surface area contributed by atoms with E-state index in [0.717, 1.165) is 0 Å². The van der Waals surface area contributed by atoms with Crippen LogP contribution in [0, 0.1) is 0 Å². The van der Waals surface area contributed by atoms with Gasteiger partial charge in [-0.2, -0.15) is 0 Å². The molecule has 7 heavy (non-hydrogen) atoms. The fourth-order valence-electron chi connectivity index (χ4n) is 0. The summed E-state index contributed by atoms with van der Waals surface area (Å²) in [5.74, 6) is 0. The van der Waals surface area contributed by atoms with Gasteiger partial charge in [-0.15, -0.1) is 12.4 Å². The largest absolute Gasteiger partial charge is 0.368 e. The van der Waals surface area contributed by atoms with Gasteiger partial charge >= 0.3 is 49.7 Å². The number of hydrogen-bond donors (Lipinski definition) is 1. The summed E-state index contributed by atoms with van der Waals surface area (Å²) >= 11 is -5.69. The molecule has 0 aromatic rings. The molecule has 0 aromatic carbocycles. The van der Waals surface area contributed by atoms with Gasteiger partial charge in [0.25, 0.3) is 0 Å². The quantitative estimate of drug-likeness (QED) is 0.343. The minimum atomic E-state index is -5.69. The van der Waals surface area contributed by atoms with Crippen LogP contribution >= 0.6 is 12.4 Å². The Bertz CT molecular complexity index is 27.2. The summed E-state index contributed by atoms with van der Waals surface area (Å²) in [4.78, 5) is 0. The molecular formula is H3ClINaO4. The van der Waals surface area contributed by atoms with Crippen LogP contribution in [-0.4, -0.2) is 33.0 Å². The van der Waals surface area contributed by atoms with Crippen molar-refractivity contribution in [3.8, 4) is 0 Å². The summed E-state index contributed by atoms with van der Waals surface area (Å²) in [5, 5.41) is 0. The van der Waals surface area contributed by atoms with Crippen LogP contribution in [0.3, 0.4) is 0 Å². The van der Waals surface area contributed by atoms with E-state index in [9.17, 15) is 0 Å². The average Bonchev–Trinajstić information content (AvgIpc) is 0.722. The number of halogens is 2. The Labute approximate surface area is 75.0 Å². The van der Waals surface area contributed by atoms with Crippen molar-refractivity contribution in [2.24, 2.45) is 0 Å². The van der Waals surface area contributed by atoms with Gasteiger partial charge in [0.05, 0.1) is 0 Å². The van der Waals surface area contributed by atoms with E-state index in [-0.39, 0.29) is 42.0 Å². The maximum atomic E-state index is 8.73. The second-order valence-electron chi connectivity index (χ2n) is 0.396. The van der Waals surface area contributed by atoms with E-state index in [1.54, 1.807) is 0 Å². The zero-order valence-corrected chi connectivity index (χ0v) is 5.43. The molecule has 0 fully saturated rings. The molecule has 0 rings (SSSR count). The Balaban J connectivity index is -0.0000000800. The summed E-state index contributed by atoms with van der Waals surface area (Å²) < 4.78 is 33.2. The monoisotopic (exact) mass is 252 g/mol. The summed E-state index contributed by atoms with van der Waals surface area (Å²) in [5.41, 5.74) is 0. The molecule has 0 aliphatic rings. The maximum Gasteiger partial charge on any atom is 0.368 e. The van der Waals surface area contributed by atoms with Crippen LogP contribution in [0.4, 0.5) is 0 Å². The molecule has 0 bridgehead atoms. The van der Waals surface area contributed by atoms with Gasteiger partial charge in [0.2, 0.25) is 0 Å². The summed E-state index contributed by atoms with van der Waals surface area (Å²) in [6.07, 6.45) is 0. The molecule has 1 N–H and O–H groups in total. The van der Waals surface area contributed by atoms with Gasteiger partial charge in [-0.3, -0.25) is 10.3 Å². The Kier molecular flexibility index (Phi) is 13.6. The molecule has 0 heterocycles. The molecule has 7 heteroatoms. The summed E-state index contributed by atoms with van der Waals surface area (Å²) in [6, 6.07) is 0. The van der Waals surface area contributed by atoms with Crippen molar-refractivity contribution in [2.45, 2.75) is 0 Å². The van der Waals surface area contributed by atoms with E-state index in [1.165, 1.54) is 0 Å². The second-order valence-corrected chi connectivity index (χ2v) is 2.66. The smallest absolute Gasteiger partial charge is 0.256 e. The van der Waals surface area contributed by atoms with Gasteiger partial charge in [-0.05, 0) is 0 Å². The van der Waals surface area contributed by atoms with Gasteiger partial charge in [0.15, 0.2) is 0 Å². The van der Waals surface area contributed by atoms with Crippen LogP contribution in [0.15, 0.2) is 0 Å². The van der Waals surface area contributed by atoms with Crippen LogP contribution in [0.1, 0.15) is 0 Å². The van der Waals surface area contributed by atoms with E-state index in [1.807, 2.05) is 0 Å². The third kappa shape index (κ3) is 78.0. The van der Waals surface area contributed by atoms with Crippen molar-refractivity contribution < 1.29 is 33.8 Å². The SMILES string of the molecule is Cl.[NaH].[O-][I+3]([O-])([O-])O. The fourth-order valence-corrected chi connectivity index (χ4v) is 0. The van der Waals surface area contributed by atoms with Gasteiger partial charge in [0, 0.05) is 3.44 Å². The third-order valence-corrected chi connectivity index (χ3v) is 0. The fraction of sp³-hybridized carbons (Fsp3) is 0. The Hall–Kier alpha value is 1.86. The van der Waals surface area contributed by atoms with Gasteiger partial charge in [-0.25, -0.2) is 0 Å². The second kappa shape index (κ2) is 5.99. The van der Waals surface area contributed by atoms with Crippen LogP contribution in [0.5, 0.6) is 0 Å². The van der Waals surface area contributed by atoms with Crippen LogP contribution < -0.4 is 30.4 Å². The van der Waals surface area contributed by atoms with E-state index >= 15 is 0 Å². The van der Waals surface area contributed by atoms with Crippen molar-refractivity contribution in [3.63, 3.8) is 0 Å². The van der Waals surface area contributed by atoms with Crippen LogP contribution in [0.25, 0.3) is 0 Å². The third-order valence-electron chi connectivity index (χ3n) is 0. The molecule has 0 amide bonds. The molecule has 42 valence electrons. The predicted molar refractivity (Wildman–Crippen MR) is 16.6 cm³/mol. The first-order valence-corrected chi connectivity index (χ1v) is 4.24. The Morgan fingerprint density at radius 3 is 1.14 bits per heavy atom. The van der Waals surface area contributed by atoms with Crippen molar-refractivity contribution in [1.29, 1.82) is 0 Å². The Morgan fingerprint density at radius 2 is 1.14 bits per heavy atom. The average molecular weight is 252 g/mol. The van der Waals surface area contributed by atoms with Crippen molar-refractivity contribution >= 4 is 42.0 Å². The zero-order valence-electron chi connectivity index (χ0n) is 2.46. The van der Waals surface area contributed by atoms with Crippen LogP contribution in [0.2, 0.25) is 0 Å². The van der Waals surface area contributed by atoms with Crippen molar-refractivity contribution in [3.05, 3.63) is 0 Å². The van der Waals surface area contributed by atoms with Gasteiger partial charge < -0.3 is 0 Å². The molecule has 0 saturated carbocycles. The molecule has 0 aromatic heterocycles. The van der Waals surface area contributed by atoms with Crippen molar-refractivity contribution in [2.75, 3.05) is 0 Å². The first-order chi connectivity index (χ1) is 2.00. The minimum absolute atomic E-state index is 0. The van der Waals surface area contributed by atoms with E-state index in [2.05, 4.69) is 0 Å². The molecular weight excluding hydrogens is 249 g/mol. The zero-order chi connectivity index (χ0) is 4.50. The molecule has 0 spiro atoms. The molecule has 0 saturated heterocycles. The van der Waals surface area contributed by atoms with Crippen molar-refractivity contribution in [1.82, 2.24) is 0 Å². The van der Waals surface area contributed by atoms with E-state index in [0.29, 0.717) is 0 Å². The summed E-state index contributed by atoms with van der Waals surface area (Å²) in [6.45, 7) is 0.